The predicted molar refractivity (Wildman–Crippen MR) is 64.4 cm³/mol. The molecule has 3 nitrogen and oxygen atoms in total. The molecule has 0 saturated carbocycles. The number of halogens is 4. The lowest BCUT2D eigenvalue weighted by molar-refractivity contribution is -0.142. The smallest absolute Gasteiger partial charge is 0.308 e. The highest BCUT2D eigenvalue weighted by Crippen LogP contribution is 2.28. The number of benzene rings is 1. The van der Waals surface area contributed by atoms with Crippen molar-refractivity contribution in [3.8, 4) is 0 Å². The lowest BCUT2D eigenvalue weighted by Crippen LogP contribution is -2.29. The molecular weight excluding hydrogens is 313 g/mol. The normalized spacial score (nSPS) is 12.1. The van der Waals surface area contributed by atoms with Crippen molar-refractivity contribution in [2.24, 2.45) is 7.05 Å². The Labute approximate surface area is 108 Å². The zero-order valence-electron chi connectivity index (χ0n) is 9.47. The number of alkyl halides is 3. The van der Waals surface area contributed by atoms with E-state index in [1.165, 1.54) is 13.1 Å². The van der Waals surface area contributed by atoms with Gasteiger partial charge in [-0.15, -0.1) is 0 Å². The van der Waals surface area contributed by atoms with Crippen molar-refractivity contribution in [3.05, 3.63) is 38.2 Å². The number of rotatable bonds is 0. The van der Waals surface area contributed by atoms with Gasteiger partial charge in [0.05, 0.1) is 11.0 Å². The topological polar surface area (TPSA) is 34.9 Å². The lowest BCUT2D eigenvalue weighted by atomic mass is 10.2. The second-order valence-electron chi connectivity index (χ2n) is 3.91. The van der Waals surface area contributed by atoms with E-state index in [1.807, 2.05) is 0 Å². The number of aromatic nitrogens is 2. The van der Waals surface area contributed by atoms with Gasteiger partial charge < -0.3 is 4.57 Å². The molecule has 0 unspecified atom stereocenters. The average Bonchev–Trinajstić information content (AvgIpc) is 2.25. The molecule has 1 aromatic carbocycles. The SMILES string of the molecule is Cc1cc2c(cc1Br)nc(C(F)(F)F)c(=O)n2C. The lowest BCUT2D eigenvalue weighted by Gasteiger charge is -2.11. The monoisotopic (exact) mass is 320 g/mol. The summed E-state index contributed by atoms with van der Waals surface area (Å²) in [5.41, 5.74) is -1.22. The zero-order valence-corrected chi connectivity index (χ0v) is 11.1. The van der Waals surface area contributed by atoms with Crippen LogP contribution in [0.15, 0.2) is 21.4 Å². The number of aryl methyl sites for hydroxylation is 2. The number of fused-ring (bicyclic) bond motifs is 1. The third-order valence-corrected chi connectivity index (χ3v) is 3.48. The Hall–Kier alpha value is -1.37. The van der Waals surface area contributed by atoms with Gasteiger partial charge in [-0.05, 0) is 24.6 Å². The first-order chi connectivity index (χ1) is 8.21. The van der Waals surface area contributed by atoms with E-state index in [-0.39, 0.29) is 5.52 Å². The molecule has 1 heterocycles. The van der Waals surface area contributed by atoms with Crippen molar-refractivity contribution in [1.82, 2.24) is 9.55 Å². The maximum atomic E-state index is 12.6. The van der Waals surface area contributed by atoms with E-state index >= 15 is 0 Å². The molecule has 96 valence electrons. The highest BCUT2D eigenvalue weighted by Gasteiger charge is 2.37. The van der Waals surface area contributed by atoms with Crippen LogP contribution < -0.4 is 5.56 Å². The maximum absolute atomic E-state index is 12.6. The molecule has 0 saturated heterocycles. The highest BCUT2D eigenvalue weighted by atomic mass is 79.9. The van der Waals surface area contributed by atoms with Crippen LogP contribution in [0.3, 0.4) is 0 Å². The maximum Gasteiger partial charge on any atom is 0.438 e. The summed E-state index contributed by atoms with van der Waals surface area (Å²) in [7, 11) is 1.30. The van der Waals surface area contributed by atoms with Crippen LogP contribution in [0.25, 0.3) is 11.0 Å². The van der Waals surface area contributed by atoms with Crippen LogP contribution in [0.4, 0.5) is 13.2 Å². The summed E-state index contributed by atoms with van der Waals surface area (Å²) >= 11 is 3.23. The van der Waals surface area contributed by atoms with Crippen molar-refractivity contribution >= 4 is 27.0 Å². The molecule has 0 spiro atoms. The van der Waals surface area contributed by atoms with Crippen LogP contribution in [0.1, 0.15) is 11.3 Å². The van der Waals surface area contributed by atoms with E-state index in [1.54, 1.807) is 13.0 Å². The number of hydrogen-bond acceptors (Lipinski definition) is 2. The molecule has 18 heavy (non-hydrogen) atoms. The molecule has 0 radical (unpaired) electrons. The van der Waals surface area contributed by atoms with Crippen LogP contribution in [-0.2, 0) is 13.2 Å². The fourth-order valence-corrected chi connectivity index (χ4v) is 1.97. The van der Waals surface area contributed by atoms with Crippen molar-refractivity contribution in [1.29, 1.82) is 0 Å². The van der Waals surface area contributed by atoms with E-state index in [0.717, 1.165) is 10.1 Å². The second-order valence-corrected chi connectivity index (χ2v) is 4.77. The summed E-state index contributed by atoms with van der Waals surface area (Å²) in [6.45, 7) is 1.78. The van der Waals surface area contributed by atoms with Crippen LogP contribution in [-0.4, -0.2) is 9.55 Å². The van der Waals surface area contributed by atoms with Gasteiger partial charge in [-0.3, -0.25) is 4.79 Å². The van der Waals surface area contributed by atoms with Gasteiger partial charge in [-0.25, -0.2) is 4.98 Å². The molecule has 2 rings (SSSR count). The number of hydrogen-bond donors (Lipinski definition) is 0. The van der Waals surface area contributed by atoms with Crippen molar-refractivity contribution in [2.75, 3.05) is 0 Å². The van der Waals surface area contributed by atoms with Gasteiger partial charge in [0.2, 0.25) is 5.69 Å². The predicted octanol–water partition coefficient (Wildman–Crippen LogP) is 3.02. The van der Waals surface area contributed by atoms with Crippen molar-refractivity contribution in [2.45, 2.75) is 13.1 Å². The first kappa shape index (κ1) is 13.1. The molecule has 0 aliphatic rings. The molecule has 7 heteroatoms. The van der Waals surface area contributed by atoms with E-state index in [2.05, 4.69) is 20.9 Å². The Morgan fingerprint density at radius 1 is 1.33 bits per heavy atom. The Morgan fingerprint density at radius 2 is 1.94 bits per heavy atom. The summed E-state index contributed by atoms with van der Waals surface area (Å²) in [6, 6.07) is 3.09. The minimum absolute atomic E-state index is 0.127. The fourth-order valence-electron chi connectivity index (χ4n) is 1.64. The summed E-state index contributed by atoms with van der Waals surface area (Å²) in [4.78, 5) is 15.0. The van der Waals surface area contributed by atoms with Crippen LogP contribution >= 0.6 is 15.9 Å². The Bertz CT molecular complexity index is 691. The van der Waals surface area contributed by atoms with Gasteiger partial charge in [-0.2, -0.15) is 13.2 Å². The fraction of sp³-hybridized carbons (Fsp3) is 0.273. The molecular formula is C11H8BrF3N2O. The van der Waals surface area contributed by atoms with E-state index in [4.69, 9.17) is 0 Å². The van der Waals surface area contributed by atoms with E-state index in [9.17, 15) is 18.0 Å². The quantitative estimate of drug-likeness (QED) is 0.748. The molecule has 0 aliphatic heterocycles. The summed E-state index contributed by atoms with van der Waals surface area (Å²) < 4.78 is 39.6. The van der Waals surface area contributed by atoms with Crippen LogP contribution in [0.5, 0.6) is 0 Å². The Morgan fingerprint density at radius 3 is 2.50 bits per heavy atom. The molecule has 0 aliphatic carbocycles. The summed E-state index contributed by atoms with van der Waals surface area (Å²) in [5, 5.41) is 0. The van der Waals surface area contributed by atoms with Crippen LogP contribution in [0.2, 0.25) is 0 Å². The van der Waals surface area contributed by atoms with Gasteiger partial charge >= 0.3 is 6.18 Å². The van der Waals surface area contributed by atoms with E-state index < -0.39 is 17.4 Å². The van der Waals surface area contributed by atoms with Crippen molar-refractivity contribution < 1.29 is 13.2 Å². The molecule has 0 amide bonds. The van der Waals surface area contributed by atoms with Crippen molar-refractivity contribution in [3.63, 3.8) is 0 Å². The third kappa shape index (κ3) is 2.03. The van der Waals surface area contributed by atoms with E-state index in [0.29, 0.717) is 9.99 Å². The first-order valence-electron chi connectivity index (χ1n) is 4.96. The summed E-state index contributed by atoms with van der Waals surface area (Å²) in [6.07, 6.45) is -4.75. The molecule has 0 fully saturated rings. The second kappa shape index (κ2) is 4.08. The molecule has 1 aromatic heterocycles. The molecule has 0 atom stereocenters. The molecule has 2 aromatic rings. The zero-order chi connectivity index (χ0) is 13.7. The minimum Gasteiger partial charge on any atom is -0.308 e. The standard InChI is InChI=1S/C11H8BrF3N2O/c1-5-3-8-7(4-6(5)12)16-9(11(13,14)15)10(18)17(8)2/h3-4H,1-2H3. The highest BCUT2D eigenvalue weighted by molar-refractivity contribution is 9.10. The largest absolute Gasteiger partial charge is 0.438 e. The average molecular weight is 321 g/mol. The Balaban J connectivity index is 2.93. The third-order valence-electron chi connectivity index (χ3n) is 2.63. The van der Waals surface area contributed by atoms with Gasteiger partial charge in [0.1, 0.15) is 0 Å². The molecule has 0 bridgehead atoms. The first-order valence-corrected chi connectivity index (χ1v) is 5.75. The van der Waals surface area contributed by atoms with Gasteiger partial charge in [0.15, 0.2) is 0 Å². The van der Waals surface area contributed by atoms with Gasteiger partial charge in [0.25, 0.3) is 5.56 Å². The number of nitrogens with zero attached hydrogens (tertiary/aromatic N) is 2. The summed E-state index contributed by atoms with van der Waals surface area (Å²) in [5.74, 6) is 0. The minimum atomic E-state index is -4.75. The van der Waals surface area contributed by atoms with Gasteiger partial charge in [-0.1, -0.05) is 15.9 Å². The molecule has 0 N–H and O–H groups in total. The Kier molecular flexibility index (Phi) is 2.96. The van der Waals surface area contributed by atoms with Gasteiger partial charge in [0, 0.05) is 11.5 Å². The van der Waals surface area contributed by atoms with Crippen LogP contribution in [0, 0.1) is 6.92 Å².